The molecule has 0 aliphatic heterocycles. The SMILES string of the molecule is CN(C)C(=O)c1n[nH]c2nc(NC(=O)C3CC3)sc12. The average Bonchev–Trinajstić information content (AvgIpc) is 3.03. The number of aromatic nitrogens is 3. The van der Waals surface area contributed by atoms with Crippen molar-refractivity contribution in [1.29, 1.82) is 0 Å². The predicted molar refractivity (Wildman–Crippen MR) is 71.1 cm³/mol. The van der Waals surface area contributed by atoms with Gasteiger partial charge in [0.1, 0.15) is 4.70 Å². The molecule has 7 nitrogen and oxygen atoms in total. The van der Waals surface area contributed by atoms with Crippen molar-refractivity contribution in [3.63, 3.8) is 0 Å². The number of rotatable bonds is 3. The summed E-state index contributed by atoms with van der Waals surface area (Å²) in [6.45, 7) is 0. The average molecular weight is 279 g/mol. The van der Waals surface area contributed by atoms with Gasteiger partial charge in [-0.3, -0.25) is 14.7 Å². The highest BCUT2D eigenvalue weighted by molar-refractivity contribution is 7.22. The Kier molecular flexibility index (Phi) is 2.74. The maximum Gasteiger partial charge on any atom is 0.275 e. The topological polar surface area (TPSA) is 91.0 Å². The van der Waals surface area contributed by atoms with Crippen LogP contribution in [0.15, 0.2) is 0 Å². The molecule has 1 fully saturated rings. The van der Waals surface area contributed by atoms with Gasteiger partial charge in [-0.2, -0.15) is 5.10 Å². The Balaban J connectivity index is 1.88. The van der Waals surface area contributed by atoms with Crippen LogP contribution in [0.4, 0.5) is 5.13 Å². The van der Waals surface area contributed by atoms with E-state index in [-0.39, 0.29) is 17.7 Å². The smallest absolute Gasteiger partial charge is 0.275 e. The third-order valence-electron chi connectivity index (χ3n) is 2.90. The normalized spacial score (nSPS) is 14.6. The molecule has 1 aliphatic carbocycles. The first-order chi connectivity index (χ1) is 9.06. The van der Waals surface area contributed by atoms with Crippen LogP contribution in [0.3, 0.4) is 0 Å². The summed E-state index contributed by atoms with van der Waals surface area (Å²) in [7, 11) is 3.33. The second-order valence-electron chi connectivity index (χ2n) is 4.73. The molecule has 2 amide bonds. The monoisotopic (exact) mass is 279 g/mol. The standard InChI is InChI=1S/C11H13N5O2S/c1-16(2)10(18)6-7-8(15-14-6)12-11(19-7)13-9(17)5-3-4-5/h5H,3-4H2,1-2H3,(H2,12,13,14,15,17). The van der Waals surface area contributed by atoms with Gasteiger partial charge in [-0.15, -0.1) is 0 Å². The van der Waals surface area contributed by atoms with Crippen LogP contribution in [-0.2, 0) is 4.79 Å². The third-order valence-corrected chi connectivity index (χ3v) is 3.88. The second kappa shape index (κ2) is 4.30. The van der Waals surface area contributed by atoms with E-state index in [9.17, 15) is 9.59 Å². The minimum atomic E-state index is -0.185. The number of hydrogen-bond donors (Lipinski definition) is 2. The van der Waals surface area contributed by atoms with Crippen molar-refractivity contribution in [2.45, 2.75) is 12.8 Å². The fraction of sp³-hybridized carbons (Fsp3) is 0.455. The minimum absolute atomic E-state index is 0.00449. The number of nitrogens with zero attached hydrogens (tertiary/aromatic N) is 3. The Hall–Kier alpha value is -1.96. The lowest BCUT2D eigenvalue weighted by molar-refractivity contribution is -0.117. The lowest BCUT2D eigenvalue weighted by Gasteiger charge is -2.06. The summed E-state index contributed by atoms with van der Waals surface area (Å²) in [6, 6.07) is 0. The Morgan fingerprint density at radius 3 is 2.79 bits per heavy atom. The number of carbonyl (C=O) groups excluding carboxylic acids is 2. The second-order valence-corrected chi connectivity index (χ2v) is 5.73. The van der Waals surface area contributed by atoms with Crippen molar-refractivity contribution in [3.05, 3.63) is 5.69 Å². The molecule has 19 heavy (non-hydrogen) atoms. The quantitative estimate of drug-likeness (QED) is 0.879. The van der Waals surface area contributed by atoms with Crippen LogP contribution in [0.25, 0.3) is 10.3 Å². The molecule has 0 bridgehead atoms. The minimum Gasteiger partial charge on any atom is -0.343 e. The Labute approximate surface area is 113 Å². The van der Waals surface area contributed by atoms with Gasteiger partial charge < -0.3 is 10.2 Å². The molecule has 100 valence electrons. The third kappa shape index (κ3) is 2.19. The largest absolute Gasteiger partial charge is 0.343 e. The summed E-state index contributed by atoms with van der Waals surface area (Å²) < 4.78 is 0.671. The van der Waals surface area contributed by atoms with Crippen molar-refractivity contribution in [3.8, 4) is 0 Å². The van der Waals surface area contributed by atoms with Gasteiger partial charge in [0.15, 0.2) is 16.5 Å². The Morgan fingerprint density at radius 1 is 1.42 bits per heavy atom. The summed E-state index contributed by atoms with van der Waals surface area (Å²) in [6.07, 6.45) is 1.89. The van der Waals surface area contributed by atoms with Crippen molar-refractivity contribution < 1.29 is 9.59 Å². The number of fused-ring (bicyclic) bond motifs is 1. The molecule has 0 spiro atoms. The predicted octanol–water partition coefficient (Wildman–Crippen LogP) is 1.07. The molecule has 8 heteroatoms. The van der Waals surface area contributed by atoms with Gasteiger partial charge in [0.25, 0.3) is 5.91 Å². The fourth-order valence-electron chi connectivity index (χ4n) is 1.68. The van der Waals surface area contributed by atoms with Crippen LogP contribution in [0.2, 0.25) is 0 Å². The molecule has 2 heterocycles. The number of hydrogen-bond acceptors (Lipinski definition) is 5. The molecule has 0 unspecified atom stereocenters. The first-order valence-corrected chi connectivity index (χ1v) is 6.75. The zero-order valence-electron chi connectivity index (χ0n) is 10.6. The van der Waals surface area contributed by atoms with Gasteiger partial charge in [-0.25, -0.2) is 4.98 Å². The van der Waals surface area contributed by atoms with E-state index in [1.165, 1.54) is 16.2 Å². The van der Waals surface area contributed by atoms with Gasteiger partial charge in [0.2, 0.25) is 5.91 Å². The number of aromatic amines is 1. The summed E-state index contributed by atoms with van der Waals surface area (Å²) >= 11 is 1.27. The van der Waals surface area contributed by atoms with Crippen molar-refractivity contribution in [2.24, 2.45) is 5.92 Å². The number of anilines is 1. The van der Waals surface area contributed by atoms with Gasteiger partial charge in [0.05, 0.1) is 0 Å². The van der Waals surface area contributed by atoms with E-state index in [2.05, 4.69) is 20.5 Å². The fourth-order valence-corrected chi connectivity index (χ4v) is 2.58. The number of thiazole rings is 1. The number of amides is 2. The van der Waals surface area contributed by atoms with Crippen molar-refractivity contribution in [2.75, 3.05) is 19.4 Å². The van der Waals surface area contributed by atoms with Crippen molar-refractivity contribution >= 4 is 38.6 Å². The van der Waals surface area contributed by atoms with E-state index in [0.717, 1.165) is 12.8 Å². The molecule has 0 saturated heterocycles. The van der Waals surface area contributed by atoms with Gasteiger partial charge in [-0.1, -0.05) is 11.3 Å². The zero-order valence-corrected chi connectivity index (χ0v) is 11.4. The highest BCUT2D eigenvalue weighted by Gasteiger charge is 2.30. The maximum absolute atomic E-state index is 11.9. The van der Waals surface area contributed by atoms with Crippen LogP contribution >= 0.6 is 11.3 Å². The highest BCUT2D eigenvalue weighted by atomic mass is 32.1. The molecule has 1 saturated carbocycles. The lowest BCUT2D eigenvalue weighted by Crippen LogP contribution is -2.22. The van der Waals surface area contributed by atoms with Gasteiger partial charge >= 0.3 is 0 Å². The van der Waals surface area contributed by atoms with E-state index in [4.69, 9.17) is 0 Å². The summed E-state index contributed by atoms with van der Waals surface area (Å²) in [4.78, 5) is 29.2. The molecule has 0 radical (unpaired) electrons. The zero-order chi connectivity index (χ0) is 13.6. The van der Waals surface area contributed by atoms with Gasteiger partial charge in [-0.05, 0) is 12.8 Å². The Morgan fingerprint density at radius 2 is 2.16 bits per heavy atom. The molecular formula is C11H13N5O2S. The molecular weight excluding hydrogens is 266 g/mol. The number of nitrogens with one attached hydrogen (secondary N) is 2. The summed E-state index contributed by atoms with van der Waals surface area (Å²) in [5.74, 6) is -0.0527. The maximum atomic E-state index is 11.9. The highest BCUT2D eigenvalue weighted by Crippen LogP contribution is 2.32. The first kappa shape index (κ1) is 12.1. The van der Waals surface area contributed by atoms with Gasteiger partial charge in [0, 0.05) is 20.0 Å². The molecule has 2 N–H and O–H groups in total. The molecule has 2 aromatic heterocycles. The Bertz CT molecular complexity index is 655. The molecule has 0 atom stereocenters. The van der Waals surface area contributed by atoms with Crippen LogP contribution in [0.5, 0.6) is 0 Å². The van der Waals surface area contributed by atoms with E-state index >= 15 is 0 Å². The number of carbonyl (C=O) groups is 2. The summed E-state index contributed by atoms with van der Waals surface area (Å²) in [5, 5.41) is 9.95. The molecule has 0 aromatic carbocycles. The van der Waals surface area contributed by atoms with E-state index < -0.39 is 0 Å². The first-order valence-electron chi connectivity index (χ1n) is 5.93. The molecule has 1 aliphatic rings. The summed E-state index contributed by atoms with van der Waals surface area (Å²) in [5.41, 5.74) is 0.866. The van der Waals surface area contributed by atoms with Crippen LogP contribution in [-0.4, -0.2) is 46.0 Å². The van der Waals surface area contributed by atoms with Crippen LogP contribution in [0.1, 0.15) is 23.3 Å². The van der Waals surface area contributed by atoms with E-state index in [1.807, 2.05) is 0 Å². The lowest BCUT2D eigenvalue weighted by atomic mass is 10.4. The molecule has 3 rings (SSSR count). The molecule has 2 aromatic rings. The number of H-pyrrole nitrogens is 1. The van der Waals surface area contributed by atoms with Crippen LogP contribution < -0.4 is 5.32 Å². The van der Waals surface area contributed by atoms with Crippen molar-refractivity contribution in [1.82, 2.24) is 20.1 Å². The van der Waals surface area contributed by atoms with E-state index in [1.54, 1.807) is 14.1 Å². The van der Waals surface area contributed by atoms with Crippen LogP contribution in [0, 0.1) is 5.92 Å². The van der Waals surface area contributed by atoms with E-state index in [0.29, 0.717) is 21.2 Å².